The Morgan fingerprint density at radius 1 is 1.50 bits per heavy atom. The molecule has 0 saturated heterocycles. The molecule has 0 aliphatic heterocycles. The second-order valence-corrected chi connectivity index (χ2v) is 4.99. The second-order valence-electron chi connectivity index (χ2n) is 3.09. The van der Waals surface area contributed by atoms with Crippen LogP contribution in [-0.4, -0.2) is 16.8 Å². The molecule has 5 N–H and O–H groups in total. The summed E-state index contributed by atoms with van der Waals surface area (Å²) in [5, 5.41) is 10.4. The fraction of sp³-hybridized carbons (Fsp3) is 0. The molecule has 96 valence electrons. The SMILES string of the molecule is C=C(/N=C(/C(=O)O)C(Cl)=C(N)N)c1ccsc1Cl. The van der Waals surface area contributed by atoms with E-state index in [0.29, 0.717) is 9.90 Å². The van der Waals surface area contributed by atoms with Crippen LogP contribution in [0.25, 0.3) is 5.70 Å². The molecule has 8 heteroatoms. The molecule has 0 fully saturated rings. The van der Waals surface area contributed by atoms with E-state index in [9.17, 15) is 4.79 Å². The summed E-state index contributed by atoms with van der Waals surface area (Å²) in [6, 6.07) is 1.67. The quantitative estimate of drug-likeness (QED) is 0.742. The summed E-state index contributed by atoms with van der Waals surface area (Å²) in [7, 11) is 0. The third-order valence-corrected chi connectivity index (χ3v) is 3.41. The normalized spacial score (nSPS) is 11.1. The monoisotopic (exact) mass is 305 g/mol. The highest BCUT2D eigenvalue weighted by Crippen LogP contribution is 2.29. The fourth-order valence-electron chi connectivity index (χ4n) is 1.02. The van der Waals surface area contributed by atoms with Gasteiger partial charge in [-0.05, 0) is 11.4 Å². The number of nitrogens with two attached hydrogens (primary N) is 2. The van der Waals surface area contributed by atoms with Gasteiger partial charge in [-0.1, -0.05) is 29.8 Å². The molecule has 0 saturated carbocycles. The van der Waals surface area contributed by atoms with Crippen molar-refractivity contribution in [1.82, 2.24) is 0 Å². The number of halogens is 2. The smallest absolute Gasteiger partial charge is 0.356 e. The maximum Gasteiger partial charge on any atom is 0.356 e. The number of thiophene rings is 1. The topological polar surface area (TPSA) is 102 Å². The van der Waals surface area contributed by atoms with E-state index in [1.165, 1.54) is 11.3 Å². The third kappa shape index (κ3) is 3.25. The van der Waals surface area contributed by atoms with E-state index >= 15 is 0 Å². The lowest BCUT2D eigenvalue weighted by Gasteiger charge is -2.03. The number of aliphatic carboxylic acids is 1. The summed E-state index contributed by atoms with van der Waals surface area (Å²) in [4.78, 5) is 14.8. The average molecular weight is 306 g/mol. The lowest BCUT2D eigenvalue weighted by molar-refractivity contribution is -0.129. The largest absolute Gasteiger partial charge is 0.476 e. The van der Waals surface area contributed by atoms with E-state index in [1.807, 2.05) is 0 Å². The molecule has 0 aromatic carbocycles. The van der Waals surface area contributed by atoms with Crippen LogP contribution in [0.15, 0.2) is 33.9 Å². The number of carbonyl (C=O) groups is 1. The number of hydrogen-bond acceptors (Lipinski definition) is 5. The first-order valence-electron chi connectivity index (χ1n) is 4.50. The van der Waals surface area contributed by atoms with Crippen molar-refractivity contribution in [2.24, 2.45) is 16.5 Å². The van der Waals surface area contributed by atoms with Gasteiger partial charge < -0.3 is 16.6 Å². The molecule has 0 radical (unpaired) electrons. The van der Waals surface area contributed by atoms with Crippen LogP contribution in [0.1, 0.15) is 5.56 Å². The zero-order valence-electron chi connectivity index (χ0n) is 8.98. The molecular weight excluding hydrogens is 297 g/mol. The van der Waals surface area contributed by atoms with Crippen LogP contribution in [0.5, 0.6) is 0 Å². The van der Waals surface area contributed by atoms with E-state index in [4.69, 9.17) is 39.8 Å². The highest BCUT2D eigenvalue weighted by molar-refractivity contribution is 7.14. The second kappa shape index (κ2) is 5.90. The molecular formula is C10H9Cl2N3O2S. The minimum Gasteiger partial charge on any atom is -0.476 e. The molecule has 0 aliphatic rings. The lowest BCUT2D eigenvalue weighted by Crippen LogP contribution is -2.20. The minimum absolute atomic E-state index is 0.165. The van der Waals surface area contributed by atoms with Gasteiger partial charge in [-0.3, -0.25) is 0 Å². The Hall–Kier alpha value is -1.50. The molecule has 0 unspecified atom stereocenters. The van der Waals surface area contributed by atoms with Gasteiger partial charge in [0.2, 0.25) is 0 Å². The van der Waals surface area contributed by atoms with E-state index < -0.39 is 11.7 Å². The number of carboxylic acids is 1. The summed E-state index contributed by atoms with van der Waals surface area (Å²) in [5.74, 6) is -1.69. The zero-order valence-corrected chi connectivity index (χ0v) is 11.3. The average Bonchev–Trinajstić information content (AvgIpc) is 2.70. The van der Waals surface area contributed by atoms with E-state index in [1.54, 1.807) is 11.4 Å². The van der Waals surface area contributed by atoms with Crippen molar-refractivity contribution < 1.29 is 9.90 Å². The lowest BCUT2D eigenvalue weighted by atomic mass is 10.2. The van der Waals surface area contributed by atoms with E-state index in [2.05, 4.69) is 11.6 Å². The summed E-state index contributed by atoms with van der Waals surface area (Å²) in [5.41, 5.74) is 10.7. The van der Waals surface area contributed by atoms with Gasteiger partial charge in [-0.2, -0.15) is 0 Å². The van der Waals surface area contributed by atoms with Crippen LogP contribution in [0, 0.1) is 0 Å². The van der Waals surface area contributed by atoms with Crippen molar-refractivity contribution in [2.45, 2.75) is 0 Å². The number of aliphatic imine (C=N–C) groups is 1. The molecule has 0 amide bonds. The van der Waals surface area contributed by atoms with Crippen LogP contribution < -0.4 is 11.5 Å². The number of carboxylic acid groups (broad SMARTS) is 1. The van der Waals surface area contributed by atoms with Gasteiger partial charge in [0.05, 0.1) is 5.70 Å². The molecule has 1 aromatic heterocycles. The Morgan fingerprint density at radius 3 is 2.50 bits per heavy atom. The predicted octanol–water partition coefficient (Wildman–Crippen LogP) is 2.22. The van der Waals surface area contributed by atoms with Gasteiger partial charge in [0, 0.05) is 5.56 Å². The summed E-state index contributed by atoms with van der Waals surface area (Å²) in [6.07, 6.45) is 0. The maximum atomic E-state index is 11.0. The highest BCUT2D eigenvalue weighted by atomic mass is 35.5. The molecule has 0 aliphatic carbocycles. The van der Waals surface area contributed by atoms with Crippen molar-refractivity contribution in [3.63, 3.8) is 0 Å². The van der Waals surface area contributed by atoms with Crippen molar-refractivity contribution in [1.29, 1.82) is 0 Å². The molecule has 1 aromatic rings. The van der Waals surface area contributed by atoms with Crippen LogP contribution in [0.3, 0.4) is 0 Å². The van der Waals surface area contributed by atoms with Crippen molar-refractivity contribution in [3.05, 3.63) is 38.8 Å². The standard InChI is InChI=1S/C10H9Cl2N3O2S/c1-4(5-2-3-18-8(5)12)15-7(10(16)17)6(11)9(13)14/h2-3H,1,13-14H2,(H,16,17)/b15-7+. The zero-order chi connectivity index (χ0) is 13.9. The minimum atomic E-state index is -1.36. The van der Waals surface area contributed by atoms with Gasteiger partial charge in [0.1, 0.15) is 15.2 Å². The first-order chi connectivity index (χ1) is 8.34. The molecule has 5 nitrogen and oxygen atoms in total. The van der Waals surface area contributed by atoms with Crippen LogP contribution in [-0.2, 0) is 4.79 Å². The molecule has 0 atom stereocenters. The number of hydrogen-bond donors (Lipinski definition) is 3. The Balaban J connectivity index is 3.20. The highest BCUT2D eigenvalue weighted by Gasteiger charge is 2.17. The summed E-state index contributed by atoms with van der Waals surface area (Å²) < 4.78 is 0.453. The molecule has 18 heavy (non-hydrogen) atoms. The van der Waals surface area contributed by atoms with Gasteiger partial charge in [-0.25, -0.2) is 9.79 Å². The Bertz CT molecular complexity index is 559. The van der Waals surface area contributed by atoms with Gasteiger partial charge in [0.25, 0.3) is 0 Å². The summed E-state index contributed by atoms with van der Waals surface area (Å²) in [6.45, 7) is 3.63. The Labute approximate surface area is 117 Å². The molecule has 0 spiro atoms. The van der Waals surface area contributed by atoms with Gasteiger partial charge in [-0.15, -0.1) is 11.3 Å². The third-order valence-electron chi connectivity index (χ3n) is 1.84. The van der Waals surface area contributed by atoms with Crippen LogP contribution in [0.4, 0.5) is 0 Å². The first kappa shape index (κ1) is 14.6. The van der Waals surface area contributed by atoms with Gasteiger partial charge in [0.15, 0.2) is 5.71 Å². The van der Waals surface area contributed by atoms with Crippen molar-refractivity contribution >= 4 is 51.9 Å². The fourth-order valence-corrected chi connectivity index (χ4v) is 2.11. The Morgan fingerprint density at radius 2 is 2.11 bits per heavy atom. The predicted molar refractivity (Wildman–Crippen MR) is 74.7 cm³/mol. The molecule has 0 bridgehead atoms. The Kier molecular flexibility index (Phi) is 4.77. The van der Waals surface area contributed by atoms with Gasteiger partial charge >= 0.3 is 5.97 Å². The number of nitrogens with zero attached hydrogens (tertiary/aromatic N) is 1. The van der Waals surface area contributed by atoms with E-state index in [0.717, 1.165) is 0 Å². The van der Waals surface area contributed by atoms with Crippen molar-refractivity contribution in [3.8, 4) is 0 Å². The van der Waals surface area contributed by atoms with Crippen LogP contribution in [0.2, 0.25) is 4.34 Å². The maximum absolute atomic E-state index is 11.0. The summed E-state index contributed by atoms with van der Waals surface area (Å²) >= 11 is 12.8. The molecule has 1 rings (SSSR count). The number of rotatable bonds is 4. The molecule has 1 heterocycles. The van der Waals surface area contributed by atoms with Crippen molar-refractivity contribution in [2.75, 3.05) is 0 Å². The first-order valence-corrected chi connectivity index (χ1v) is 6.13. The van der Waals surface area contributed by atoms with Crippen LogP contribution >= 0.6 is 34.5 Å². The van der Waals surface area contributed by atoms with E-state index in [-0.39, 0.29) is 16.6 Å².